The first-order valence-corrected chi connectivity index (χ1v) is 11.7. The van der Waals surface area contributed by atoms with E-state index in [1.165, 1.54) is 23.9 Å². The van der Waals surface area contributed by atoms with Gasteiger partial charge in [0.05, 0.1) is 31.1 Å². The number of fused-ring (bicyclic) bond motifs is 1. The Kier molecular flexibility index (Phi) is 5.35. The molecule has 2 atom stereocenters. The number of sulfone groups is 1. The molecule has 9 heteroatoms. The van der Waals surface area contributed by atoms with Crippen LogP contribution in [0.5, 0.6) is 5.75 Å². The predicted octanol–water partition coefficient (Wildman–Crippen LogP) is 2.68. The number of nitrogens with zero attached hydrogens (tertiary/aromatic N) is 2. The second-order valence-corrected chi connectivity index (χ2v) is 10.3. The smallest absolute Gasteiger partial charge is 0.252 e. The molecule has 2 aliphatic rings. The van der Waals surface area contributed by atoms with Crippen LogP contribution in [0.3, 0.4) is 0 Å². The van der Waals surface area contributed by atoms with Gasteiger partial charge in [-0.05, 0) is 42.0 Å². The lowest BCUT2D eigenvalue weighted by atomic mass is 10.1. The fourth-order valence-corrected chi connectivity index (χ4v) is 7.46. The SMILES string of the molecule is COc1ccc(N2C(=NC(=O)Cc3ccc(F)cc3)S[C@@H]3CS(=O)(=O)C[C@H]32)cc1. The number of hydrogen-bond donors (Lipinski definition) is 0. The van der Waals surface area contributed by atoms with Gasteiger partial charge in [-0.1, -0.05) is 23.9 Å². The Morgan fingerprint density at radius 3 is 2.52 bits per heavy atom. The van der Waals surface area contributed by atoms with Crippen LogP contribution in [0, 0.1) is 5.82 Å². The summed E-state index contributed by atoms with van der Waals surface area (Å²) in [7, 11) is -1.56. The number of rotatable bonds is 4. The van der Waals surface area contributed by atoms with Crippen molar-refractivity contribution in [1.29, 1.82) is 0 Å². The van der Waals surface area contributed by atoms with Gasteiger partial charge in [-0.15, -0.1) is 0 Å². The standard InChI is InChI=1S/C20H19FN2O4S2/c1-27-16-8-6-15(7-9-16)23-17-11-29(25,26)12-18(17)28-20(23)22-19(24)10-13-2-4-14(21)5-3-13/h2-9,17-18H,10-12H2,1H3/t17-,18-/m1/s1. The third-order valence-corrected chi connectivity index (χ3v) is 8.12. The van der Waals surface area contributed by atoms with E-state index in [1.807, 2.05) is 17.0 Å². The molecule has 0 aromatic heterocycles. The highest BCUT2D eigenvalue weighted by Gasteiger charge is 2.49. The van der Waals surface area contributed by atoms with Gasteiger partial charge in [-0.25, -0.2) is 12.8 Å². The van der Waals surface area contributed by atoms with E-state index in [-0.39, 0.29) is 40.9 Å². The molecule has 0 N–H and O–H groups in total. The number of methoxy groups -OCH3 is 1. The van der Waals surface area contributed by atoms with Crippen molar-refractivity contribution in [3.8, 4) is 5.75 Å². The van der Waals surface area contributed by atoms with Crippen LogP contribution in [-0.2, 0) is 21.1 Å². The Morgan fingerprint density at radius 2 is 1.86 bits per heavy atom. The zero-order valence-corrected chi connectivity index (χ0v) is 17.2. The Morgan fingerprint density at radius 1 is 1.17 bits per heavy atom. The number of carbonyl (C=O) groups is 1. The molecule has 29 heavy (non-hydrogen) atoms. The van der Waals surface area contributed by atoms with E-state index in [0.29, 0.717) is 16.5 Å². The molecule has 0 unspecified atom stereocenters. The molecule has 2 aliphatic heterocycles. The lowest BCUT2D eigenvalue weighted by Crippen LogP contribution is -2.37. The number of anilines is 1. The molecule has 2 heterocycles. The molecule has 2 aromatic carbocycles. The summed E-state index contributed by atoms with van der Waals surface area (Å²) in [6, 6.07) is 12.7. The summed E-state index contributed by atoms with van der Waals surface area (Å²) in [5, 5.41) is 0.326. The highest BCUT2D eigenvalue weighted by Crippen LogP contribution is 2.41. The molecule has 0 saturated carbocycles. The van der Waals surface area contributed by atoms with Crippen molar-refractivity contribution in [3.63, 3.8) is 0 Å². The number of amides is 1. The van der Waals surface area contributed by atoms with Crippen LogP contribution in [0.2, 0.25) is 0 Å². The van der Waals surface area contributed by atoms with E-state index in [4.69, 9.17) is 4.74 Å². The first kappa shape index (κ1) is 19.9. The molecular weight excluding hydrogens is 415 g/mol. The summed E-state index contributed by atoms with van der Waals surface area (Å²) in [5.41, 5.74) is 1.43. The van der Waals surface area contributed by atoms with Crippen LogP contribution in [0.4, 0.5) is 10.1 Å². The fraction of sp³-hybridized carbons (Fsp3) is 0.300. The van der Waals surface area contributed by atoms with Gasteiger partial charge in [0.1, 0.15) is 11.6 Å². The molecule has 2 aromatic rings. The highest BCUT2D eigenvalue weighted by atomic mass is 32.2. The molecule has 6 nitrogen and oxygen atoms in total. The van der Waals surface area contributed by atoms with Gasteiger partial charge < -0.3 is 9.64 Å². The molecule has 2 saturated heterocycles. The van der Waals surface area contributed by atoms with Gasteiger partial charge in [-0.3, -0.25) is 4.79 Å². The first-order chi connectivity index (χ1) is 13.8. The fourth-order valence-electron chi connectivity index (χ4n) is 3.53. The van der Waals surface area contributed by atoms with E-state index in [0.717, 1.165) is 5.69 Å². The minimum Gasteiger partial charge on any atom is -0.497 e. The van der Waals surface area contributed by atoms with Gasteiger partial charge in [0.2, 0.25) is 0 Å². The van der Waals surface area contributed by atoms with E-state index in [1.54, 1.807) is 31.4 Å². The lowest BCUT2D eigenvalue weighted by Gasteiger charge is -2.24. The summed E-state index contributed by atoms with van der Waals surface area (Å²) in [5.74, 6) is 0.0586. The van der Waals surface area contributed by atoms with E-state index < -0.39 is 9.84 Å². The van der Waals surface area contributed by atoms with Crippen LogP contribution in [0.1, 0.15) is 5.56 Å². The number of hydrogen-bond acceptors (Lipinski definition) is 5. The van der Waals surface area contributed by atoms with Gasteiger partial charge in [0.25, 0.3) is 5.91 Å². The molecule has 4 rings (SSSR count). The lowest BCUT2D eigenvalue weighted by molar-refractivity contribution is -0.117. The molecule has 0 spiro atoms. The van der Waals surface area contributed by atoms with Gasteiger partial charge in [-0.2, -0.15) is 4.99 Å². The van der Waals surface area contributed by atoms with Crippen molar-refractivity contribution in [3.05, 3.63) is 59.9 Å². The van der Waals surface area contributed by atoms with Crippen molar-refractivity contribution < 1.29 is 22.3 Å². The van der Waals surface area contributed by atoms with E-state index in [2.05, 4.69) is 4.99 Å². The average Bonchev–Trinajstić information content (AvgIpc) is 3.14. The average molecular weight is 435 g/mol. The number of halogens is 1. The Labute approximate surface area is 172 Å². The van der Waals surface area contributed by atoms with Crippen LogP contribution < -0.4 is 9.64 Å². The van der Waals surface area contributed by atoms with Crippen molar-refractivity contribution >= 4 is 38.4 Å². The van der Waals surface area contributed by atoms with Crippen molar-refractivity contribution in [1.82, 2.24) is 0 Å². The minimum absolute atomic E-state index is 0.0296. The number of amidine groups is 1. The van der Waals surface area contributed by atoms with Crippen molar-refractivity contribution in [2.45, 2.75) is 17.7 Å². The number of thioether (sulfide) groups is 1. The third-order valence-electron chi connectivity index (χ3n) is 4.91. The third kappa shape index (κ3) is 4.30. The summed E-state index contributed by atoms with van der Waals surface area (Å²) >= 11 is 1.32. The second kappa shape index (κ2) is 7.79. The van der Waals surface area contributed by atoms with Crippen molar-refractivity contribution in [2.24, 2.45) is 4.99 Å². The monoisotopic (exact) mass is 434 g/mol. The van der Waals surface area contributed by atoms with Crippen LogP contribution >= 0.6 is 11.8 Å². The largest absolute Gasteiger partial charge is 0.497 e. The highest BCUT2D eigenvalue weighted by molar-refractivity contribution is 8.16. The molecule has 1 amide bonds. The number of benzene rings is 2. The summed E-state index contributed by atoms with van der Waals surface area (Å²) < 4.78 is 42.5. The predicted molar refractivity (Wildman–Crippen MR) is 112 cm³/mol. The van der Waals surface area contributed by atoms with E-state index >= 15 is 0 Å². The minimum atomic E-state index is -3.13. The van der Waals surface area contributed by atoms with E-state index in [9.17, 15) is 17.6 Å². The second-order valence-electron chi connectivity index (χ2n) is 6.96. The molecule has 2 fully saturated rings. The molecule has 0 bridgehead atoms. The number of ether oxygens (including phenoxy) is 1. The maximum absolute atomic E-state index is 13.1. The topological polar surface area (TPSA) is 76.0 Å². The Hall–Kier alpha value is -2.39. The zero-order chi connectivity index (χ0) is 20.6. The first-order valence-electron chi connectivity index (χ1n) is 9.01. The van der Waals surface area contributed by atoms with Crippen LogP contribution in [-0.4, -0.2) is 49.4 Å². The normalized spacial score (nSPS) is 23.9. The van der Waals surface area contributed by atoms with Crippen LogP contribution in [0.15, 0.2) is 53.5 Å². The van der Waals surface area contributed by atoms with Gasteiger partial charge in [0.15, 0.2) is 15.0 Å². The molecular formula is C20H19FN2O4S2. The summed E-state index contributed by atoms with van der Waals surface area (Å²) in [6.45, 7) is 0. The molecule has 152 valence electrons. The molecule has 0 radical (unpaired) electrons. The van der Waals surface area contributed by atoms with Gasteiger partial charge in [0, 0.05) is 10.9 Å². The number of aliphatic imine (C=N–C) groups is 1. The zero-order valence-electron chi connectivity index (χ0n) is 15.6. The van der Waals surface area contributed by atoms with Crippen LogP contribution in [0.25, 0.3) is 0 Å². The Balaban J connectivity index is 1.62. The maximum atomic E-state index is 13.1. The quantitative estimate of drug-likeness (QED) is 0.737. The maximum Gasteiger partial charge on any atom is 0.252 e. The van der Waals surface area contributed by atoms with Gasteiger partial charge >= 0.3 is 0 Å². The summed E-state index contributed by atoms with van der Waals surface area (Å²) in [6.07, 6.45) is 0.0500. The molecule has 0 aliphatic carbocycles. The number of carbonyl (C=O) groups excluding carboxylic acids is 1. The van der Waals surface area contributed by atoms with Crippen molar-refractivity contribution in [2.75, 3.05) is 23.5 Å². The Bertz CT molecular complexity index is 1050. The summed E-state index contributed by atoms with van der Waals surface area (Å²) in [4.78, 5) is 18.6.